The Hall–Kier alpha value is -0.830. The molecule has 0 radical (unpaired) electrons. The molecule has 0 fully saturated rings. The fourth-order valence-corrected chi connectivity index (χ4v) is 6.42. The van der Waals surface area contributed by atoms with E-state index in [9.17, 15) is 9.90 Å². The summed E-state index contributed by atoms with van der Waals surface area (Å²) in [5.74, 6) is -0.265. The van der Waals surface area contributed by atoms with Crippen LogP contribution in [0.15, 0.2) is 12.2 Å². The molecule has 0 saturated heterocycles. The van der Waals surface area contributed by atoms with E-state index in [2.05, 4.69) is 13.8 Å². The zero-order valence-electron chi connectivity index (χ0n) is 31.0. The van der Waals surface area contributed by atoms with Crippen molar-refractivity contribution in [2.75, 3.05) is 6.61 Å². The Morgan fingerprint density at radius 3 is 1.09 bits per heavy atom. The van der Waals surface area contributed by atoms with Crippen LogP contribution in [-0.2, 0) is 9.53 Å². The molecule has 3 nitrogen and oxygen atoms in total. The van der Waals surface area contributed by atoms with Gasteiger partial charge in [0.1, 0.15) is 0 Å². The second kappa shape index (κ2) is 39.3. The summed E-state index contributed by atoms with van der Waals surface area (Å²) in [5, 5.41) is 10.1. The summed E-state index contributed by atoms with van der Waals surface area (Å²) in [6, 6.07) is 0. The maximum Gasteiger partial charge on any atom is 0.330 e. The van der Waals surface area contributed by atoms with Crippen LogP contribution in [0.3, 0.4) is 0 Å². The van der Waals surface area contributed by atoms with Gasteiger partial charge in [0.25, 0.3) is 0 Å². The molecule has 1 atom stereocenters. The largest absolute Gasteiger partial charge is 0.463 e. The highest BCUT2D eigenvalue weighted by molar-refractivity contribution is 5.81. The molecule has 45 heavy (non-hydrogen) atoms. The van der Waals surface area contributed by atoms with Crippen LogP contribution in [0.2, 0.25) is 0 Å². The zero-order chi connectivity index (χ0) is 32.7. The molecule has 0 heterocycles. The van der Waals surface area contributed by atoms with Crippen molar-refractivity contribution in [1.82, 2.24) is 0 Å². The Morgan fingerprint density at radius 2 is 0.756 bits per heavy atom. The van der Waals surface area contributed by atoms with Gasteiger partial charge < -0.3 is 9.84 Å². The third kappa shape index (κ3) is 39.3. The topological polar surface area (TPSA) is 46.5 Å². The molecule has 0 aliphatic rings. The average Bonchev–Trinajstić information content (AvgIpc) is 3.04. The predicted octanol–water partition coefficient (Wildman–Crippen LogP) is 14.1. The van der Waals surface area contributed by atoms with Gasteiger partial charge in [0, 0.05) is 6.08 Å². The van der Waals surface area contributed by atoms with Crippen LogP contribution < -0.4 is 0 Å². The fraction of sp³-hybridized carbons (Fsp3) is 0.929. The molecule has 3 heteroatoms. The maximum absolute atomic E-state index is 11.9. The molecule has 1 unspecified atom stereocenters. The van der Waals surface area contributed by atoms with Crippen LogP contribution in [0.25, 0.3) is 0 Å². The van der Waals surface area contributed by atoms with Gasteiger partial charge in [-0.15, -0.1) is 0 Å². The zero-order valence-corrected chi connectivity index (χ0v) is 31.0. The van der Waals surface area contributed by atoms with E-state index in [4.69, 9.17) is 4.74 Å². The van der Waals surface area contributed by atoms with Crippen LogP contribution in [0.4, 0.5) is 0 Å². The number of hydrogen-bond acceptors (Lipinski definition) is 3. The van der Waals surface area contributed by atoms with E-state index in [0.717, 1.165) is 25.7 Å². The lowest BCUT2D eigenvalue weighted by molar-refractivity contribution is -0.137. The molecule has 0 saturated carbocycles. The van der Waals surface area contributed by atoms with Crippen molar-refractivity contribution in [3.8, 4) is 0 Å². The molecule has 0 aromatic heterocycles. The maximum atomic E-state index is 11.9. The standard InChI is InChI=1S/C42H82O3/c1-3-5-7-9-11-13-14-15-16-17-18-19-20-21-22-23-24-25-26-27-28-29-31-33-35-40-45-42(44)39-36-38-41(43)37-34-32-30-12-10-8-6-4-2/h36,39,41,43H,3-35,37-38,40H2,1-2H3. The molecule has 0 aromatic carbocycles. The number of carbonyl (C=O) groups is 1. The summed E-state index contributed by atoms with van der Waals surface area (Å²) in [7, 11) is 0. The number of aliphatic hydroxyl groups is 1. The Labute approximate surface area is 283 Å². The summed E-state index contributed by atoms with van der Waals surface area (Å²) >= 11 is 0. The number of esters is 1. The number of ether oxygens (including phenoxy) is 1. The Bertz CT molecular complexity index is 586. The number of carbonyl (C=O) groups excluding carboxylic acids is 1. The molecule has 0 rings (SSSR count). The minimum absolute atomic E-state index is 0.265. The van der Waals surface area contributed by atoms with Crippen molar-refractivity contribution in [2.24, 2.45) is 0 Å². The van der Waals surface area contributed by atoms with Crippen molar-refractivity contribution in [3.05, 3.63) is 12.2 Å². The third-order valence-corrected chi connectivity index (χ3v) is 9.55. The molecule has 0 aliphatic carbocycles. The minimum atomic E-state index is -0.340. The first kappa shape index (κ1) is 44.2. The van der Waals surface area contributed by atoms with Crippen molar-refractivity contribution in [1.29, 1.82) is 0 Å². The highest BCUT2D eigenvalue weighted by Crippen LogP contribution is 2.16. The van der Waals surface area contributed by atoms with E-state index >= 15 is 0 Å². The van der Waals surface area contributed by atoms with Crippen LogP contribution in [0.1, 0.15) is 239 Å². The van der Waals surface area contributed by atoms with E-state index in [0.29, 0.717) is 13.0 Å². The van der Waals surface area contributed by atoms with E-state index in [1.807, 2.05) is 0 Å². The Kier molecular flexibility index (Phi) is 38.6. The molecule has 0 aliphatic heterocycles. The molecule has 0 spiro atoms. The van der Waals surface area contributed by atoms with Crippen molar-refractivity contribution >= 4 is 5.97 Å². The van der Waals surface area contributed by atoms with Gasteiger partial charge in [0.2, 0.25) is 0 Å². The lowest BCUT2D eigenvalue weighted by Crippen LogP contribution is -2.06. The smallest absolute Gasteiger partial charge is 0.330 e. The van der Waals surface area contributed by atoms with E-state index < -0.39 is 0 Å². The molecule has 1 N–H and O–H groups in total. The lowest BCUT2D eigenvalue weighted by Gasteiger charge is -2.07. The van der Waals surface area contributed by atoms with E-state index in [1.165, 1.54) is 199 Å². The predicted molar refractivity (Wildman–Crippen MR) is 199 cm³/mol. The molecular formula is C42H82O3. The number of aliphatic hydroxyl groups excluding tert-OH is 1. The van der Waals surface area contributed by atoms with Gasteiger partial charge >= 0.3 is 5.97 Å². The van der Waals surface area contributed by atoms with Crippen LogP contribution in [0.5, 0.6) is 0 Å². The van der Waals surface area contributed by atoms with Crippen molar-refractivity contribution in [3.63, 3.8) is 0 Å². The highest BCUT2D eigenvalue weighted by Gasteiger charge is 2.03. The van der Waals surface area contributed by atoms with E-state index in [-0.39, 0.29) is 12.1 Å². The summed E-state index contributed by atoms with van der Waals surface area (Å²) < 4.78 is 5.32. The second-order valence-electron chi connectivity index (χ2n) is 14.2. The summed E-state index contributed by atoms with van der Waals surface area (Å²) in [5.41, 5.74) is 0. The van der Waals surface area contributed by atoms with Crippen LogP contribution >= 0.6 is 0 Å². The fourth-order valence-electron chi connectivity index (χ4n) is 6.42. The quantitative estimate of drug-likeness (QED) is 0.0417. The van der Waals surface area contributed by atoms with E-state index in [1.54, 1.807) is 6.08 Å². The molecule has 268 valence electrons. The van der Waals surface area contributed by atoms with Gasteiger partial charge in [-0.2, -0.15) is 0 Å². The first-order valence-corrected chi connectivity index (χ1v) is 20.7. The van der Waals surface area contributed by atoms with Gasteiger partial charge in [-0.1, -0.05) is 225 Å². The van der Waals surface area contributed by atoms with Crippen LogP contribution in [-0.4, -0.2) is 23.8 Å². The van der Waals surface area contributed by atoms with Gasteiger partial charge in [-0.3, -0.25) is 0 Å². The molecular weight excluding hydrogens is 552 g/mol. The number of unbranched alkanes of at least 4 members (excludes halogenated alkanes) is 31. The lowest BCUT2D eigenvalue weighted by atomic mass is 10.0. The Balaban J connectivity index is 3.25. The summed E-state index contributed by atoms with van der Waals surface area (Å²) in [6.45, 7) is 5.07. The van der Waals surface area contributed by atoms with Crippen LogP contribution in [0, 0.1) is 0 Å². The highest BCUT2D eigenvalue weighted by atomic mass is 16.5. The minimum Gasteiger partial charge on any atom is -0.463 e. The second-order valence-corrected chi connectivity index (χ2v) is 14.2. The Morgan fingerprint density at radius 1 is 0.467 bits per heavy atom. The summed E-state index contributed by atoms with van der Waals surface area (Å²) in [6.07, 6.45) is 49.4. The van der Waals surface area contributed by atoms with Gasteiger partial charge in [0.05, 0.1) is 12.7 Å². The third-order valence-electron chi connectivity index (χ3n) is 9.55. The van der Waals surface area contributed by atoms with Gasteiger partial charge in [-0.05, 0) is 19.3 Å². The number of hydrogen-bond donors (Lipinski definition) is 1. The molecule has 0 amide bonds. The average molecular weight is 635 g/mol. The number of rotatable bonds is 38. The van der Waals surface area contributed by atoms with Gasteiger partial charge in [0.15, 0.2) is 0 Å². The molecule has 0 bridgehead atoms. The summed E-state index contributed by atoms with van der Waals surface area (Å²) in [4.78, 5) is 11.9. The first-order valence-electron chi connectivity index (χ1n) is 20.7. The first-order chi connectivity index (χ1) is 22.2. The monoisotopic (exact) mass is 635 g/mol. The van der Waals surface area contributed by atoms with Crippen molar-refractivity contribution < 1.29 is 14.6 Å². The SMILES string of the molecule is CCCCCCCCCCCCCCCCCCCCCCCCCCCOC(=O)C=CCC(O)CCCCCCCCCC. The van der Waals surface area contributed by atoms with Gasteiger partial charge in [-0.25, -0.2) is 4.79 Å². The normalized spacial score (nSPS) is 12.3. The van der Waals surface area contributed by atoms with Crippen molar-refractivity contribution in [2.45, 2.75) is 245 Å². The molecule has 0 aromatic rings.